The van der Waals surface area contributed by atoms with Gasteiger partial charge in [-0.3, -0.25) is 4.79 Å². The number of nitrogens with one attached hydrogen (secondary N) is 1. The van der Waals surface area contributed by atoms with Crippen molar-refractivity contribution in [1.29, 1.82) is 0 Å². The maximum Gasteiger partial charge on any atom is 0.252 e. The second-order valence-corrected chi connectivity index (χ2v) is 4.48. The summed E-state index contributed by atoms with van der Waals surface area (Å²) in [6, 6.07) is 3.98. The number of halogens is 1. The molecule has 0 radical (unpaired) electrons. The molecular weight excluding hydrogens is 269 g/mol. The third-order valence-corrected chi connectivity index (χ3v) is 3.16. The van der Waals surface area contributed by atoms with Crippen LogP contribution in [-0.4, -0.2) is 43.5 Å². The molecule has 21 heavy (non-hydrogen) atoms. The van der Waals surface area contributed by atoms with E-state index in [1.165, 1.54) is 18.2 Å². The van der Waals surface area contributed by atoms with Crippen LogP contribution in [0, 0.1) is 17.7 Å². The third kappa shape index (κ3) is 5.54. The van der Waals surface area contributed by atoms with Crippen LogP contribution < -0.4 is 11.1 Å². The van der Waals surface area contributed by atoms with Crippen molar-refractivity contribution in [2.75, 3.05) is 32.7 Å². The van der Waals surface area contributed by atoms with Gasteiger partial charge in [-0.15, -0.1) is 0 Å². The Bertz CT molecular complexity index is 530. The molecule has 5 heteroatoms. The maximum atomic E-state index is 13.3. The van der Waals surface area contributed by atoms with Gasteiger partial charge in [0.2, 0.25) is 0 Å². The number of hydrogen-bond donors (Lipinski definition) is 2. The molecule has 0 aliphatic heterocycles. The van der Waals surface area contributed by atoms with E-state index in [0.29, 0.717) is 12.1 Å². The van der Waals surface area contributed by atoms with Crippen molar-refractivity contribution in [2.45, 2.75) is 13.8 Å². The zero-order valence-electron chi connectivity index (χ0n) is 12.6. The Hall–Kier alpha value is -1.90. The Morgan fingerprint density at radius 2 is 2.10 bits per heavy atom. The van der Waals surface area contributed by atoms with Crippen molar-refractivity contribution in [3.8, 4) is 11.8 Å². The third-order valence-electron chi connectivity index (χ3n) is 3.16. The molecule has 0 spiro atoms. The van der Waals surface area contributed by atoms with Gasteiger partial charge in [0.25, 0.3) is 5.91 Å². The average Bonchev–Trinajstić information content (AvgIpc) is 2.50. The number of nitrogens with zero attached hydrogens (tertiary/aromatic N) is 1. The molecule has 0 aliphatic rings. The lowest BCUT2D eigenvalue weighted by atomic mass is 10.1. The van der Waals surface area contributed by atoms with Crippen LogP contribution in [0.25, 0.3) is 0 Å². The van der Waals surface area contributed by atoms with E-state index in [0.717, 1.165) is 19.6 Å². The SMILES string of the molecule is CCN(CC)CCNC(=O)c1cc(F)ccc1C#CCN. The van der Waals surface area contributed by atoms with Crippen LogP contribution in [0.15, 0.2) is 18.2 Å². The van der Waals surface area contributed by atoms with Gasteiger partial charge in [0.15, 0.2) is 0 Å². The van der Waals surface area contributed by atoms with Gasteiger partial charge in [-0.05, 0) is 31.3 Å². The Labute approximate surface area is 125 Å². The monoisotopic (exact) mass is 291 g/mol. The van der Waals surface area contributed by atoms with Gasteiger partial charge in [-0.1, -0.05) is 25.7 Å². The second-order valence-electron chi connectivity index (χ2n) is 4.48. The number of benzene rings is 1. The molecule has 0 aliphatic carbocycles. The summed E-state index contributed by atoms with van der Waals surface area (Å²) in [6.45, 7) is 7.47. The minimum absolute atomic E-state index is 0.195. The summed E-state index contributed by atoms with van der Waals surface area (Å²) in [7, 11) is 0. The number of rotatable bonds is 6. The topological polar surface area (TPSA) is 58.4 Å². The van der Waals surface area contributed by atoms with Crippen molar-refractivity contribution in [1.82, 2.24) is 10.2 Å². The molecule has 3 N–H and O–H groups in total. The minimum atomic E-state index is -0.456. The van der Waals surface area contributed by atoms with E-state index in [-0.39, 0.29) is 18.0 Å². The molecule has 0 heterocycles. The van der Waals surface area contributed by atoms with Gasteiger partial charge in [0.1, 0.15) is 5.82 Å². The van der Waals surface area contributed by atoms with Crippen LogP contribution in [0.5, 0.6) is 0 Å². The molecule has 1 aromatic rings. The molecule has 0 atom stereocenters. The van der Waals surface area contributed by atoms with Gasteiger partial charge in [-0.2, -0.15) is 0 Å². The standard InChI is InChI=1S/C16H22FN3O/c1-3-20(4-2)11-10-19-16(21)15-12-14(17)8-7-13(15)6-5-9-18/h7-8,12H,3-4,9-11,18H2,1-2H3,(H,19,21). The summed E-state index contributed by atoms with van der Waals surface area (Å²) >= 11 is 0. The number of likely N-dealkylation sites (N-methyl/N-ethyl adjacent to an activating group) is 1. The quantitative estimate of drug-likeness (QED) is 0.775. The van der Waals surface area contributed by atoms with Crippen LogP contribution in [0.2, 0.25) is 0 Å². The Morgan fingerprint density at radius 3 is 2.71 bits per heavy atom. The zero-order valence-corrected chi connectivity index (χ0v) is 12.6. The summed E-state index contributed by atoms with van der Waals surface area (Å²) in [5.41, 5.74) is 6.06. The Morgan fingerprint density at radius 1 is 1.38 bits per heavy atom. The lowest BCUT2D eigenvalue weighted by Crippen LogP contribution is -2.35. The summed E-state index contributed by atoms with van der Waals surface area (Å²) in [6.07, 6.45) is 0. The highest BCUT2D eigenvalue weighted by Crippen LogP contribution is 2.10. The lowest BCUT2D eigenvalue weighted by Gasteiger charge is -2.18. The zero-order chi connectivity index (χ0) is 15.7. The number of hydrogen-bond acceptors (Lipinski definition) is 3. The van der Waals surface area contributed by atoms with E-state index in [4.69, 9.17) is 5.73 Å². The van der Waals surface area contributed by atoms with E-state index in [9.17, 15) is 9.18 Å². The summed E-state index contributed by atoms with van der Waals surface area (Å²) < 4.78 is 13.3. The maximum absolute atomic E-state index is 13.3. The molecule has 1 amide bonds. The predicted molar refractivity (Wildman–Crippen MR) is 82.5 cm³/mol. The fourth-order valence-electron chi connectivity index (χ4n) is 1.92. The van der Waals surface area contributed by atoms with Crippen LogP contribution in [0.4, 0.5) is 4.39 Å². The number of nitrogens with two attached hydrogens (primary N) is 1. The van der Waals surface area contributed by atoms with Crippen molar-refractivity contribution in [3.05, 3.63) is 35.1 Å². The van der Waals surface area contributed by atoms with Crippen molar-refractivity contribution < 1.29 is 9.18 Å². The fraction of sp³-hybridized carbons (Fsp3) is 0.438. The number of carbonyl (C=O) groups is 1. The minimum Gasteiger partial charge on any atom is -0.351 e. The first kappa shape index (κ1) is 17.2. The molecule has 1 rings (SSSR count). The molecule has 1 aromatic carbocycles. The van der Waals surface area contributed by atoms with E-state index in [1.807, 2.05) is 0 Å². The van der Waals surface area contributed by atoms with E-state index >= 15 is 0 Å². The molecule has 0 unspecified atom stereocenters. The average molecular weight is 291 g/mol. The van der Waals surface area contributed by atoms with Gasteiger partial charge >= 0.3 is 0 Å². The molecule has 0 bridgehead atoms. The van der Waals surface area contributed by atoms with Crippen molar-refractivity contribution in [3.63, 3.8) is 0 Å². The molecule has 0 fully saturated rings. The highest BCUT2D eigenvalue weighted by molar-refractivity contribution is 5.96. The molecule has 114 valence electrons. The normalized spacial score (nSPS) is 10.1. The molecule has 4 nitrogen and oxygen atoms in total. The van der Waals surface area contributed by atoms with Crippen LogP contribution in [-0.2, 0) is 0 Å². The molecule has 0 saturated carbocycles. The first-order valence-corrected chi connectivity index (χ1v) is 7.11. The molecule has 0 saturated heterocycles. The van der Waals surface area contributed by atoms with Crippen LogP contribution in [0.3, 0.4) is 0 Å². The largest absolute Gasteiger partial charge is 0.351 e. The van der Waals surface area contributed by atoms with Crippen molar-refractivity contribution in [2.24, 2.45) is 5.73 Å². The lowest BCUT2D eigenvalue weighted by molar-refractivity contribution is 0.0948. The molecule has 0 aromatic heterocycles. The fourth-order valence-corrected chi connectivity index (χ4v) is 1.92. The highest BCUT2D eigenvalue weighted by atomic mass is 19.1. The van der Waals surface area contributed by atoms with E-state index in [1.54, 1.807) is 0 Å². The van der Waals surface area contributed by atoms with Crippen LogP contribution >= 0.6 is 0 Å². The van der Waals surface area contributed by atoms with E-state index < -0.39 is 5.82 Å². The first-order valence-electron chi connectivity index (χ1n) is 7.11. The van der Waals surface area contributed by atoms with Crippen LogP contribution in [0.1, 0.15) is 29.8 Å². The summed E-state index contributed by atoms with van der Waals surface area (Å²) in [4.78, 5) is 14.3. The van der Waals surface area contributed by atoms with Gasteiger partial charge in [0, 0.05) is 18.7 Å². The Balaban J connectivity index is 2.74. The second kappa shape index (κ2) is 9.11. The first-order chi connectivity index (χ1) is 10.1. The number of carbonyl (C=O) groups excluding carboxylic acids is 1. The van der Waals surface area contributed by atoms with Gasteiger partial charge in [0.05, 0.1) is 12.1 Å². The Kier molecular flexibility index (Phi) is 7.44. The number of amides is 1. The van der Waals surface area contributed by atoms with Gasteiger partial charge in [-0.25, -0.2) is 4.39 Å². The van der Waals surface area contributed by atoms with E-state index in [2.05, 4.69) is 35.9 Å². The predicted octanol–water partition coefficient (Wildman–Crippen LogP) is 1.21. The molecular formula is C16H22FN3O. The van der Waals surface area contributed by atoms with Gasteiger partial charge < -0.3 is 16.0 Å². The van der Waals surface area contributed by atoms with Crippen molar-refractivity contribution >= 4 is 5.91 Å². The highest BCUT2D eigenvalue weighted by Gasteiger charge is 2.11. The summed E-state index contributed by atoms with van der Waals surface area (Å²) in [5.74, 6) is 4.70. The smallest absolute Gasteiger partial charge is 0.252 e. The summed E-state index contributed by atoms with van der Waals surface area (Å²) in [5, 5.41) is 2.80.